The molecule has 2 saturated heterocycles. The van der Waals surface area contributed by atoms with Crippen molar-refractivity contribution in [2.75, 3.05) is 42.7 Å². The largest absolute Gasteiger partial charge is 0.381 e. The quantitative estimate of drug-likeness (QED) is 0.386. The Kier molecular flexibility index (Phi) is 9.26. The van der Waals surface area contributed by atoms with Crippen LogP contribution in [-0.2, 0) is 19.4 Å². The van der Waals surface area contributed by atoms with E-state index in [0.29, 0.717) is 43.4 Å². The molecule has 6 rings (SSSR count). The molecule has 44 heavy (non-hydrogen) atoms. The summed E-state index contributed by atoms with van der Waals surface area (Å²) in [6.07, 6.45) is 6.07. The molecular weight excluding hydrogens is 602 g/mol. The number of carbonyl (C=O) groups excluding carboxylic acids is 1. The molecule has 1 saturated carbocycles. The molecule has 232 valence electrons. The maximum absolute atomic E-state index is 13.8. The van der Waals surface area contributed by atoms with Gasteiger partial charge in [-0.25, -0.2) is 17.8 Å². The van der Waals surface area contributed by atoms with Gasteiger partial charge in [-0.05, 0) is 61.4 Å². The minimum Gasteiger partial charge on any atom is -0.381 e. The SMILES string of the molecule is N#CC(NC(=O)C1CCCC[C@H]1c1nc(-c2ccc(F)cn2)sc1-c1ccc(N2CCS(=O)(=O)CC2)cc1)C1CCOCC1. The molecule has 0 spiro atoms. The normalized spacial score (nSPS) is 23.0. The zero-order chi connectivity index (χ0) is 30.7. The van der Waals surface area contributed by atoms with Crippen molar-refractivity contribution in [1.29, 1.82) is 5.26 Å². The molecule has 2 aromatic heterocycles. The van der Waals surface area contributed by atoms with Crippen LogP contribution in [0.5, 0.6) is 0 Å². The number of ether oxygens (including phenoxy) is 1. The van der Waals surface area contributed by atoms with Crippen molar-refractivity contribution in [2.45, 2.75) is 50.5 Å². The van der Waals surface area contributed by atoms with Crippen LogP contribution in [0.3, 0.4) is 0 Å². The molecule has 0 bridgehead atoms. The molecule has 12 heteroatoms. The predicted molar refractivity (Wildman–Crippen MR) is 167 cm³/mol. The first kappa shape index (κ1) is 30.6. The Labute approximate surface area is 261 Å². The first-order valence-corrected chi connectivity index (χ1v) is 17.9. The van der Waals surface area contributed by atoms with Gasteiger partial charge in [-0.15, -0.1) is 11.3 Å². The lowest BCUT2D eigenvalue weighted by molar-refractivity contribution is -0.127. The lowest BCUT2D eigenvalue weighted by Crippen LogP contribution is -2.45. The first-order valence-electron chi connectivity index (χ1n) is 15.3. The van der Waals surface area contributed by atoms with Gasteiger partial charge in [-0.1, -0.05) is 25.0 Å². The van der Waals surface area contributed by atoms with E-state index >= 15 is 0 Å². The van der Waals surface area contributed by atoms with Gasteiger partial charge in [0.15, 0.2) is 9.84 Å². The molecule has 1 aliphatic carbocycles. The minimum atomic E-state index is -2.98. The van der Waals surface area contributed by atoms with Crippen LogP contribution in [0.2, 0.25) is 0 Å². The van der Waals surface area contributed by atoms with Crippen LogP contribution < -0.4 is 10.2 Å². The molecule has 2 unspecified atom stereocenters. The molecule has 1 aromatic carbocycles. The summed E-state index contributed by atoms with van der Waals surface area (Å²) in [4.78, 5) is 26.1. The van der Waals surface area contributed by atoms with Crippen LogP contribution in [0.15, 0.2) is 42.6 Å². The molecule has 3 aliphatic rings. The number of pyridine rings is 1. The maximum atomic E-state index is 13.8. The fourth-order valence-corrected chi connectivity index (χ4v) is 8.85. The number of nitrogens with one attached hydrogen (secondary N) is 1. The summed E-state index contributed by atoms with van der Waals surface area (Å²) < 4.78 is 43.0. The number of amides is 1. The Bertz CT molecular complexity index is 1600. The van der Waals surface area contributed by atoms with Crippen molar-refractivity contribution in [1.82, 2.24) is 15.3 Å². The number of hydrogen-bond acceptors (Lipinski definition) is 9. The summed E-state index contributed by atoms with van der Waals surface area (Å²) >= 11 is 1.47. The highest BCUT2D eigenvalue weighted by atomic mass is 32.2. The smallest absolute Gasteiger partial charge is 0.224 e. The Morgan fingerprint density at radius 3 is 2.48 bits per heavy atom. The van der Waals surface area contributed by atoms with E-state index < -0.39 is 21.7 Å². The third-order valence-electron chi connectivity index (χ3n) is 9.07. The molecule has 0 radical (unpaired) electrons. The van der Waals surface area contributed by atoms with Gasteiger partial charge in [0.25, 0.3) is 0 Å². The monoisotopic (exact) mass is 637 g/mol. The molecule has 3 fully saturated rings. The van der Waals surface area contributed by atoms with Crippen molar-refractivity contribution in [3.05, 3.63) is 54.1 Å². The van der Waals surface area contributed by atoms with Crippen molar-refractivity contribution in [3.8, 4) is 27.2 Å². The molecule has 9 nitrogen and oxygen atoms in total. The molecular formula is C32H36FN5O4S2. The van der Waals surface area contributed by atoms with Crippen LogP contribution in [-0.4, -0.2) is 68.1 Å². The predicted octanol–water partition coefficient (Wildman–Crippen LogP) is 4.95. The lowest BCUT2D eigenvalue weighted by Gasteiger charge is -2.33. The summed E-state index contributed by atoms with van der Waals surface area (Å²) in [5, 5.41) is 13.6. The highest BCUT2D eigenvalue weighted by molar-refractivity contribution is 7.91. The lowest BCUT2D eigenvalue weighted by atomic mass is 9.76. The first-order chi connectivity index (χ1) is 21.3. The summed E-state index contributed by atoms with van der Waals surface area (Å²) in [6.45, 7) is 2.13. The number of hydrogen-bond donors (Lipinski definition) is 1. The van der Waals surface area contributed by atoms with Crippen molar-refractivity contribution < 1.29 is 22.3 Å². The number of nitriles is 1. The van der Waals surface area contributed by atoms with Gasteiger partial charge in [-0.3, -0.25) is 9.78 Å². The summed E-state index contributed by atoms with van der Waals surface area (Å²) in [7, 11) is -2.98. The molecule has 2 aliphatic heterocycles. The van der Waals surface area contributed by atoms with Crippen LogP contribution >= 0.6 is 11.3 Å². The average molecular weight is 638 g/mol. The van der Waals surface area contributed by atoms with Gasteiger partial charge in [-0.2, -0.15) is 5.26 Å². The van der Waals surface area contributed by atoms with Crippen LogP contribution in [0.25, 0.3) is 21.1 Å². The van der Waals surface area contributed by atoms with E-state index in [1.54, 1.807) is 6.07 Å². The number of sulfone groups is 1. The summed E-state index contributed by atoms with van der Waals surface area (Å²) in [5.74, 6) is -0.642. The molecule has 3 aromatic rings. The number of aromatic nitrogens is 2. The van der Waals surface area contributed by atoms with Crippen LogP contribution in [0.1, 0.15) is 50.1 Å². The number of carbonyl (C=O) groups is 1. The molecule has 3 atom stereocenters. The van der Waals surface area contributed by atoms with Gasteiger partial charge in [0, 0.05) is 43.8 Å². The van der Waals surface area contributed by atoms with Gasteiger partial charge in [0.2, 0.25) is 5.91 Å². The van der Waals surface area contributed by atoms with E-state index in [1.165, 1.54) is 23.6 Å². The van der Waals surface area contributed by atoms with E-state index in [4.69, 9.17) is 9.72 Å². The molecule has 1 amide bonds. The van der Waals surface area contributed by atoms with Crippen LogP contribution in [0, 0.1) is 29.0 Å². The van der Waals surface area contributed by atoms with Crippen molar-refractivity contribution in [2.24, 2.45) is 11.8 Å². The summed E-state index contributed by atoms with van der Waals surface area (Å²) in [6, 6.07) is 12.8. The molecule has 4 heterocycles. The second-order valence-electron chi connectivity index (χ2n) is 11.8. The minimum absolute atomic E-state index is 0.0734. The number of halogens is 1. The van der Waals surface area contributed by atoms with E-state index in [0.717, 1.165) is 53.9 Å². The zero-order valence-corrected chi connectivity index (χ0v) is 26.1. The van der Waals surface area contributed by atoms with Crippen molar-refractivity contribution >= 4 is 32.8 Å². The second kappa shape index (κ2) is 13.3. The Morgan fingerprint density at radius 2 is 1.80 bits per heavy atom. The van der Waals surface area contributed by atoms with Gasteiger partial charge >= 0.3 is 0 Å². The second-order valence-corrected chi connectivity index (χ2v) is 15.1. The third-order valence-corrected chi connectivity index (χ3v) is 11.8. The number of thiazole rings is 1. The van der Waals surface area contributed by atoms with Crippen LogP contribution in [0.4, 0.5) is 10.1 Å². The number of nitrogens with zero attached hydrogens (tertiary/aromatic N) is 4. The molecule has 1 N–H and O–H groups in total. The maximum Gasteiger partial charge on any atom is 0.224 e. The number of anilines is 1. The Hall–Kier alpha value is -3.40. The highest BCUT2D eigenvalue weighted by Crippen LogP contribution is 2.46. The van der Waals surface area contributed by atoms with Gasteiger partial charge in [0.1, 0.15) is 16.9 Å². The number of benzene rings is 1. The fraction of sp³-hybridized carbons (Fsp3) is 0.500. The average Bonchev–Trinajstić information content (AvgIpc) is 3.50. The third kappa shape index (κ3) is 6.80. The Morgan fingerprint density at radius 1 is 1.07 bits per heavy atom. The highest BCUT2D eigenvalue weighted by Gasteiger charge is 2.37. The topological polar surface area (TPSA) is 125 Å². The van der Waals surface area contributed by atoms with Gasteiger partial charge < -0.3 is 15.0 Å². The van der Waals surface area contributed by atoms with E-state index in [1.807, 2.05) is 24.3 Å². The fourth-order valence-electron chi connectivity index (χ4n) is 6.53. The zero-order valence-electron chi connectivity index (χ0n) is 24.5. The van der Waals surface area contributed by atoms with E-state index in [-0.39, 0.29) is 35.2 Å². The van der Waals surface area contributed by atoms with Crippen molar-refractivity contribution in [3.63, 3.8) is 0 Å². The Balaban J connectivity index is 1.31. The van der Waals surface area contributed by atoms with E-state index in [2.05, 4.69) is 21.3 Å². The van der Waals surface area contributed by atoms with Gasteiger partial charge in [0.05, 0.1) is 40.0 Å². The summed E-state index contributed by atoms with van der Waals surface area (Å²) in [5.41, 5.74) is 3.30. The van der Waals surface area contributed by atoms with E-state index in [9.17, 15) is 22.9 Å². The standard InChI is InChI=1S/C32H36FN5O4S2/c33-23-7-10-27(35-20-23)32-37-29(30(43-32)22-5-8-24(9-6-22)38-13-17-44(40,41)18-14-38)25-3-1-2-4-26(25)31(39)36-28(19-34)21-11-15-42-16-12-21/h5-10,20-21,25-26,28H,1-4,11-18H2,(H,36,39)/t25-,26?,28?/m1/s1. The number of rotatable bonds is 7.